The highest BCUT2D eigenvalue weighted by molar-refractivity contribution is 6.30. The van der Waals surface area contributed by atoms with Crippen LogP contribution >= 0.6 is 11.6 Å². The van der Waals surface area contributed by atoms with E-state index in [1.54, 1.807) is 10.9 Å². The molecule has 1 aliphatic heterocycles. The quantitative estimate of drug-likeness (QED) is 0.697. The number of benzene rings is 2. The normalized spacial score (nSPS) is 15.1. The molecule has 1 saturated heterocycles. The molecule has 1 aliphatic rings. The summed E-state index contributed by atoms with van der Waals surface area (Å²) in [4.78, 5) is 16.9. The number of nitrogens with zero attached hydrogens (tertiary/aromatic N) is 5. The number of rotatable bonds is 4. The van der Waals surface area contributed by atoms with Crippen molar-refractivity contribution in [3.05, 3.63) is 77.1 Å². The van der Waals surface area contributed by atoms with Crippen molar-refractivity contribution in [1.82, 2.24) is 24.8 Å². The second kappa shape index (κ2) is 7.90. The highest BCUT2D eigenvalue weighted by Crippen LogP contribution is 2.14. The molecule has 7 heteroatoms. The lowest BCUT2D eigenvalue weighted by atomic mass is 10.2. The summed E-state index contributed by atoms with van der Waals surface area (Å²) in [5, 5.41) is 8.88. The van der Waals surface area contributed by atoms with E-state index in [0.29, 0.717) is 18.8 Å². The van der Waals surface area contributed by atoms with Crippen LogP contribution in [0, 0.1) is 0 Å². The van der Waals surface area contributed by atoms with Crippen molar-refractivity contribution >= 4 is 17.5 Å². The Hall–Kier alpha value is -2.70. The number of para-hydroxylation sites is 1. The second-order valence-electron chi connectivity index (χ2n) is 6.58. The maximum atomic E-state index is 12.7. The van der Waals surface area contributed by atoms with Crippen LogP contribution in [0.25, 0.3) is 5.69 Å². The van der Waals surface area contributed by atoms with Gasteiger partial charge in [-0.15, -0.1) is 5.10 Å². The van der Waals surface area contributed by atoms with Crippen LogP contribution in [0.15, 0.2) is 60.8 Å². The first-order valence-corrected chi connectivity index (χ1v) is 9.31. The Morgan fingerprint density at radius 1 is 0.963 bits per heavy atom. The fraction of sp³-hybridized carbons (Fsp3) is 0.250. The molecule has 0 unspecified atom stereocenters. The molecule has 0 bridgehead atoms. The van der Waals surface area contributed by atoms with Crippen LogP contribution in [0.3, 0.4) is 0 Å². The van der Waals surface area contributed by atoms with Gasteiger partial charge >= 0.3 is 0 Å². The highest BCUT2D eigenvalue weighted by atomic mass is 35.5. The van der Waals surface area contributed by atoms with E-state index in [4.69, 9.17) is 11.6 Å². The minimum absolute atomic E-state index is 0.0664. The van der Waals surface area contributed by atoms with Crippen molar-refractivity contribution in [2.75, 3.05) is 26.2 Å². The number of halogens is 1. The van der Waals surface area contributed by atoms with E-state index in [9.17, 15) is 4.79 Å². The third-order valence-electron chi connectivity index (χ3n) is 4.71. The van der Waals surface area contributed by atoms with Crippen LogP contribution in [0.5, 0.6) is 0 Å². The van der Waals surface area contributed by atoms with Gasteiger partial charge in [0.15, 0.2) is 5.69 Å². The smallest absolute Gasteiger partial charge is 0.276 e. The fourth-order valence-corrected chi connectivity index (χ4v) is 3.31. The van der Waals surface area contributed by atoms with Gasteiger partial charge in [0.2, 0.25) is 0 Å². The monoisotopic (exact) mass is 381 g/mol. The van der Waals surface area contributed by atoms with Gasteiger partial charge in [-0.3, -0.25) is 9.69 Å². The van der Waals surface area contributed by atoms with Gasteiger partial charge in [-0.05, 0) is 29.8 Å². The third-order valence-corrected chi connectivity index (χ3v) is 4.96. The number of aromatic nitrogens is 3. The van der Waals surface area contributed by atoms with Crippen molar-refractivity contribution in [2.45, 2.75) is 6.54 Å². The largest absolute Gasteiger partial charge is 0.335 e. The van der Waals surface area contributed by atoms with E-state index >= 15 is 0 Å². The molecule has 2 aromatic carbocycles. The first kappa shape index (κ1) is 17.7. The van der Waals surface area contributed by atoms with E-state index in [2.05, 4.69) is 15.2 Å². The van der Waals surface area contributed by atoms with E-state index < -0.39 is 0 Å². The van der Waals surface area contributed by atoms with Crippen LogP contribution in [-0.2, 0) is 6.54 Å². The maximum absolute atomic E-state index is 12.7. The van der Waals surface area contributed by atoms with E-state index in [0.717, 1.165) is 30.3 Å². The molecule has 1 fully saturated rings. The van der Waals surface area contributed by atoms with Crippen LogP contribution in [0.1, 0.15) is 16.1 Å². The zero-order valence-electron chi connectivity index (χ0n) is 14.8. The van der Waals surface area contributed by atoms with Crippen LogP contribution in [-0.4, -0.2) is 56.9 Å². The van der Waals surface area contributed by atoms with Crippen LogP contribution in [0.2, 0.25) is 5.02 Å². The number of hydrogen-bond acceptors (Lipinski definition) is 4. The SMILES string of the molecule is O=C(c1cn(-c2ccccc2)nn1)N1CCN(Cc2ccc(Cl)cc2)CC1. The molecule has 0 saturated carbocycles. The van der Waals surface area contributed by atoms with E-state index in [1.165, 1.54) is 5.56 Å². The molecule has 0 radical (unpaired) electrons. The number of piperazine rings is 1. The Labute approximate surface area is 163 Å². The third kappa shape index (κ3) is 4.18. The van der Waals surface area contributed by atoms with Gasteiger partial charge in [0.25, 0.3) is 5.91 Å². The molecule has 138 valence electrons. The summed E-state index contributed by atoms with van der Waals surface area (Å²) >= 11 is 5.94. The number of carbonyl (C=O) groups excluding carboxylic acids is 1. The first-order valence-electron chi connectivity index (χ1n) is 8.93. The van der Waals surface area contributed by atoms with Gasteiger partial charge in [-0.25, -0.2) is 4.68 Å². The van der Waals surface area contributed by atoms with Crippen molar-refractivity contribution in [2.24, 2.45) is 0 Å². The Kier molecular flexibility index (Phi) is 5.18. The fourth-order valence-electron chi connectivity index (χ4n) is 3.19. The average Bonchev–Trinajstić information content (AvgIpc) is 3.21. The molecule has 0 aliphatic carbocycles. The molecular weight excluding hydrogens is 362 g/mol. The molecule has 0 spiro atoms. The first-order chi connectivity index (χ1) is 13.2. The molecule has 3 aromatic rings. The highest BCUT2D eigenvalue weighted by Gasteiger charge is 2.24. The molecule has 0 N–H and O–H groups in total. The van der Waals surface area contributed by atoms with Gasteiger partial charge in [0.1, 0.15) is 0 Å². The summed E-state index contributed by atoms with van der Waals surface area (Å²) in [6.45, 7) is 3.90. The summed E-state index contributed by atoms with van der Waals surface area (Å²) < 4.78 is 1.63. The summed E-state index contributed by atoms with van der Waals surface area (Å²) in [7, 11) is 0. The van der Waals surface area contributed by atoms with Gasteiger partial charge in [0.05, 0.1) is 11.9 Å². The summed E-state index contributed by atoms with van der Waals surface area (Å²) in [6.07, 6.45) is 1.69. The molecule has 1 aromatic heterocycles. The predicted octanol–water partition coefficient (Wildman–Crippen LogP) is 2.88. The number of hydrogen-bond donors (Lipinski definition) is 0. The minimum Gasteiger partial charge on any atom is -0.335 e. The van der Waals surface area contributed by atoms with Gasteiger partial charge < -0.3 is 4.90 Å². The standard InChI is InChI=1S/C20H20ClN5O/c21-17-8-6-16(7-9-17)14-24-10-12-25(13-11-24)20(27)19-15-26(23-22-19)18-4-2-1-3-5-18/h1-9,15H,10-14H2. The van der Waals surface area contributed by atoms with Crippen LogP contribution in [0.4, 0.5) is 0 Å². The molecule has 2 heterocycles. The molecule has 6 nitrogen and oxygen atoms in total. The lowest BCUT2D eigenvalue weighted by Crippen LogP contribution is -2.48. The maximum Gasteiger partial charge on any atom is 0.276 e. The number of carbonyl (C=O) groups is 1. The molecule has 0 atom stereocenters. The molecular formula is C20H20ClN5O. The zero-order valence-corrected chi connectivity index (χ0v) is 15.6. The second-order valence-corrected chi connectivity index (χ2v) is 7.02. The number of amides is 1. The summed E-state index contributed by atoms with van der Waals surface area (Å²) in [5.41, 5.74) is 2.49. The molecule has 27 heavy (non-hydrogen) atoms. The van der Waals surface area contributed by atoms with Crippen molar-refractivity contribution in [1.29, 1.82) is 0 Å². The lowest BCUT2D eigenvalue weighted by Gasteiger charge is -2.34. The van der Waals surface area contributed by atoms with Crippen LogP contribution < -0.4 is 0 Å². The molecule has 4 rings (SSSR count). The lowest BCUT2D eigenvalue weighted by molar-refractivity contribution is 0.0622. The van der Waals surface area contributed by atoms with Gasteiger partial charge in [0, 0.05) is 37.7 Å². The van der Waals surface area contributed by atoms with E-state index in [-0.39, 0.29) is 5.91 Å². The van der Waals surface area contributed by atoms with Crippen molar-refractivity contribution in [3.63, 3.8) is 0 Å². The minimum atomic E-state index is -0.0664. The topological polar surface area (TPSA) is 54.3 Å². The summed E-state index contributed by atoms with van der Waals surface area (Å²) in [6, 6.07) is 17.6. The average molecular weight is 382 g/mol. The summed E-state index contributed by atoms with van der Waals surface area (Å²) in [5.74, 6) is -0.0664. The van der Waals surface area contributed by atoms with Gasteiger partial charge in [-0.2, -0.15) is 0 Å². The van der Waals surface area contributed by atoms with Crippen molar-refractivity contribution in [3.8, 4) is 5.69 Å². The zero-order chi connectivity index (χ0) is 18.6. The Balaban J connectivity index is 1.35. The van der Waals surface area contributed by atoms with Gasteiger partial charge in [-0.1, -0.05) is 47.1 Å². The Morgan fingerprint density at radius 2 is 1.67 bits per heavy atom. The Morgan fingerprint density at radius 3 is 2.37 bits per heavy atom. The van der Waals surface area contributed by atoms with E-state index in [1.807, 2.05) is 59.5 Å². The molecule has 1 amide bonds. The van der Waals surface area contributed by atoms with Crippen molar-refractivity contribution < 1.29 is 4.79 Å². The predicted molar refractivity (Wildman–Crippen MR) is 104 cm³/mol. The Bertz CT molecular complexity index is 902.